The lowest BCUT2D eigenvalue weighted by atomic mass is 10.1. The normalized spacial score (nSPS) is 11.3. The van der Waals surface area contributed by atoms with Crippen molar-refractivity contribution in [3.8, 4) is 11.4 Å². The first-order valence-corrected chi connectivity index (χ1v) is 5.10. The number of aromatic nitrogens is 4. The van der Waals surface area contributed by atoms with Crippen molar-refractivity contribution in [2.24, 2.45) is 0 Å². The van der Waals surface area contributed by atoms with Crippen molar-refractivity contribution in [2.45, 2.75) is 0 Å². The van der Waals surface area contributed by atoms with E-state index in [0.29, 0.717) is 17.5 Å². The summed E-state index contributed by atoms with van der Waals surface area (Å²) in [6, 6.07) is 6.31. The molecule has 2 aromatic rings. The Morgan fingerprint density at radius 3 is 2.68 bits per heavy atom. The Labute approximate surface area is 106 Å². The van der Waals surface area contributed by atoms with Gasteiger partial charge in [0.2, 0.25) is 5.82 Å². The largest absolute Gasteiger partial charge is 0.507 e. The quantitative estimate of drug-likeness (QED) is 0.412. The molecule has 0 aliphatic carbocycles. The molecule has 2 rings (SSSR count). The van der Waals surface area contributed by atoms with Gasteiger partial charge in [0.1, 0.15) is 5.76 Å². The molecule has 1 aromatic carbocycles. The van der Waals surface area contributed by atoms with Gasteiger partial charge in [-0.15, -0.1) is 10.2 Å². The topological polar surface area (TPSA) is 129 Å². The number of aliphatic carboxylic acids is 1. The monoisotopic (exact) mass is 260 g/mol. The zero-order chi connectivity index (χ0) is 13.8. The summed E-state index contributed by atoms with van der Waals surface area (Å²) in [5.74, 6) is -2.97. The van der Waals surface area contributed by atoms with E-state index in [1.165, 1.54) is 12.1 Å². The number of tetrazole rings is 1. The molecule has 3 N–H and O–H groups in total. The highest BCUT2D eigenvalue weighted by atomic mass is 16.4. The van der Waals surface area contributed by atoms with Crippen LogP contribution in [0, 0.1) is 0 Å². The molecular formula is C11H8N4O4. The highest BCUT2D eigenvalue weighted by Gasteiger charge is 2.11. The predicted octanol–water partition coefficient (Wildman–Crippen LogP) is 0.419. The summed E-state index contributed by atoms with van der Waals surface area (Å²) in [5, 5.41) is 31.3. The summed E-state index contributed by atoms with van der Waals surface area (Å²) >= 11 is 0. The van der Waals surface area contributed by atoms with Crippen LogP contribution in [0.1, 0.15) is 5.56 Å². The van der Waals surface area contributed by atoms with Crippen molar-refractivity contribution < 1.29 is 19.8 Å². The lowest BCUT2D eigenvalue weighted by Crippen LogP contribution is -2.09. The molecule has 0 unspecified atom stereocenters. The number of aliphatic hydroxyl groups is 1. The maximum Gasteiger partial charge on any atom is 0.376 e. The fourth-order valence-electron chi connectivity index (χ4n) is 1.37. The van der Waals surface area contributed by atoms with E-state index in [9.17, 15) is 14.7 Å². The minimum Gasteiger partial charge on any atom is -0.507 e. The molecule has 0 aliphatic heterocycles. The van der Waals surface area contributed by atoms with E-state index < -0.39 is 17.5 Å². The molecule has 19 heavy (non-hydrogen) atoms. The summed E-state index contributed by atoms with van der Waals surface area (Å²) in [6.45, 7) is 0. The third-order valence-electron chi connectivity index (χ3n) is 2.24. The first kappa shape index (κ1) is 12.4. The second-order valence-corrected chi connectivity index (χ2v) is 3.52. The first-order chi connectivity index (χ1) is 9.08. The van der Waals surface area contributed by atoms with Gasteiger partial charge in [0, 0.05) is 17.2 Å². The molecule has 0 radical (unpaired) electrons. The second-order valence-electron chi connectivity index (χ2n) is 3.52. The molecule has 0 saturated carbocycles. The third kappa shape index (κ3) is 2.80. The van der Waals surface area contributed by atoms with E-state index in [2.05, 4.69) is 20.6 Å². The Hall–Kier alpha value is -3.03. The van der Waals surface area contributed by atoms with Crippen LogP contribution in [0.5, 0.6) is 0 Å². The predicted molar refractivity (Wildman–Crippen MR) is 62.9 cm³/mol. The van der Waals surface area contributed by atoms with Crippen LogP contribution in [0.25, 0.3) is 17.1 Å². The Morgan fingerprint density at radius 1 is 1.26 bits per heavy atom. The van der Waals surface area contributed by atoms with Gasteiger partial charge >= 0.3 is 5.97 Å². The van der Waals surface area contributed by atoms with Gasteiger partial charge in [-0.3, -0.25) is 4.79 Å². The molecule has 1 aromatic heterocycles. The standard InChI is InChI=1S/C11H8N4O4/c16-8(5-9(17)11(18)19)6-2-1-3-7(4-6)10-12-14-15-13-10/h1-5,16H,(H,18,19)(H,12,13,14,15). The number of nitrogens with one attached hydrogen (secondary N) is 1. The number of rotatable bonds is 4. The minimum absolute atomic E-state index is 0.275. The molecule has 8 heteroatoms. The fourth-order valence-corrected chi connectivity index (χ4v) is 1.37. The second kappa shape index (κ2) is 5.08. The maximum absolute atomic E-state index is 11.0. The molecule has 0 amide bonds. The molecule has 0 bridgehead atoms. The number of nitrogens with zero attached hydrogens (tertiary/aromatic N) is 3. The van der Waals surface area contributed by atoms with Gasteiger partial charge in [-0.25, -0.2) is 4.79 Å². The zero-order valence-corrected chi connectivity index (χ0v) is 9.44. The molecule has 0 spiro atoms. The minimum atomic E-state index is -1.64. The number of carboxylic acid groups (broad SMARTS) is 1. The summed E-state index contributed by atoms with van der Waals surface area (Å²) < 4.78 is 0. The van der Waals surface area contributed by atoms with Crippen molar-refractivity contribution in [1.29, 1.82) is 0 Å². The molecule has 8 nitrogen and oxygen atoms in total. The number of benzene rings is 1. The number of aromatic amines is 1. The molecule has 0 saturated heterocycles. The van der Waals surface area contributed by atoms with Crippen LogP contribution in [0.15, 0.2) is 30.3 Å². The van der Waals surface area contributed by atoms with E-state index in [-0.39, 0.29) is 5.56 Å². The van der Waals surface area contributed by atoms with Crippen LogP contribution in [0.4, 0.5) is 0 Å². The summed E-state index contributed by atoms with van der Waals surface area (Å²) in [6.07, 6.45) is 0.637. The number of carbonyl (C=O) groups excluding carboxylic acids is 1. The SMILES string of the molecule is O=C(O)C(=O)C=C(O)c1cccc(-c2nn[nH]n2)c1. The third-order valence-corrected chi connectivity index (χ3v) is 2.24. The van der Waals surface area contributed by atoms with Gasteiger partial charge in [-0.2, -0.15) is 5.21 Å². The van der Waals surface area contributed by atoms with Crippen LogP contribution >= 0.6 is 0 Å². The summed E-state index contributed by atoms with van der Waals surface area (Å²) in [7, 11) is 0. The van der Waals surface area contributed by atoms with Gasteiger partial charge in [-0.1, -0.05) is 18.2 Å². The Kier molecular flexibility index (Phi) is 3.33. The van der Waals surface area contributed by atoms with Gasteiger partial charge in [0.15, 0.2) is 0 Å². The van der Waals surface area contributed by atoms with Crippen LogP contribution < -0.4 is 0 Å². The number of H-pyrrole nitrogens is 1. The number of hydrogen-bond donors (Lipinski definition) is 3. The zero-order valence-electron chi connectivity index (χ0n) is 9.44. The van der Waals surface area contributed by atoms with Gasteiger partial charge in [0.25, 0.3) is 5.78 Å². The average molecular weight is 260 g/mol. The number of ketones is 1. The van der Waals surface area contributed by atoms with Crippen molar-refractivity contribution in [3.05, 3.63) is 35.9 Å². The molecule has 0 aliphatic rings. The Bertz CT molecular complexity index is 648. The highest BCUT2D eigenvalue weighted by Crippen LogP contribution is 2.19. The first-order valence-electron chi connectivity index (χ1n) is 5.10. The number of carbonyl (C=O) groups is 2. The lowest BCUT2D eigenvalue weighted by Gasteiger charge is -2.01. The van der Waals surface area contributed by atoms with E-state index in [1.54, 1.807) is 12.1 Å². The molecule has 0 fully saturated rings. The van der Waals surface area contributed by atoms with E-state index in [1.807, 2.05) is 0 Å². The van der Waals surface area contributed by atoms with Crippen molar-refractivity contribution >= 4 is 17.5 Å². The van der Waals surface area contributed by atoms with Gasteiger partial charge in [-0.05, 0) is 11.3 Å². The van der Waals surface area contributed by atoms with E-state index in [4.69, 9.17) is 5.11 Å². The van der Waals surface area contributed by atoms with Crippen LogP contribution in [0.2, 0.25) is 0 Å². The van der Waals surface area contributed by atoms with Gasteiger partial charge < -0.3 is 10.2 Å². The summed E-state index contributed by atoms with van der Waals surface area (Å²) in [4.78, 5) is 21.3. The van der Waals surface area contributed by atoms with Crippen LogP contribution in [-0.2, 0) is 9.59 Å². The number of hydrogen-bond acceptors (Lipinski definition) is 6. The van der Waals surface area contributed by atoms with Crippen molar-refractivity contribution in [3.63, 3.8) is 0 Å². The molecule has 1 heterocycles. The lowest BCUT2D eigenvalue weighted by molar-refractivity contribution is -0.146. The van der Waals surface area contributed by atoms with E-state index in [0.717, 1.165) is 0 Å². The highest BCUT2D eigenvalue weighted by molar-refractivity contribution is 6.38. The van der Waals surface area contributed by atoms with Crippen LogP contribution in [0.3, 0.4) is 0 Å². The fraction of sp³-hybridized carbons (Fsp3) is 0. The Balaban J connectivity index is 2.34. The molecule has 96 valence electrons. The molecule has 0 atom stereocenters. The van der Waals surface area contributed by atoms with Crippen LogP contribution in [-0.4, -0.2) is 42.6 Å². The van der Waals surface area contributed by atoms with E-state index >= 15 is 0 Å². The number of aliphatic hydroxyl groups excluding tert-OH is 1. The smallest absolute Gasteiger partial charge is 0.376 e. The van der Waals surface area contributed by atoms with Crippen molar-refractivity contribution in [1.82, 2.24) is 20.6 Å². The molecular weight excluding hydrogens is 252 g/mol. The summed E-state index contributed by atoms with van der Waals surface area (Å²) in [5.41, 5.74) is 0.839. The van der Waals surface area contributed by atoms with Gasteiger partial charge in [0.05, 0.1) is 0 Å². The maximum atomic E-state index is 11.0. The Morgan fingerprint density at radius 2 is 2.05 bits per heavy atom. The number of carboxylic acids is 1. The van der Waals surface area contributed by atoms with Crippen molar-refractivity contribution in [2.75, 3.05) is 0 Å². The average Bonchev–Trinajstić information content (AvgIpc) is 2.92.